The molecule has 6 nitrogen and oxygen atoms in total. The van der Waals surface area contributed by atoms with Gasteiger partial charge in [-0.3, -0.25) is 0 Å². The van der Waals surface area contributed by atoms with E-state index in [1.54, 1.807) is 6.07 Å². The van der Waals surface area contributed by atoms with Crippen LogP contribution in [0.15, 0.2) is 41.1 Å². The van der Waals surface area contributed by atoms with Gasteiger partial charge in [0, 0.05) is 25.2 Å². The molecule has 7 heteroatoms. The van der Waals surface area contributed by atoms with Gasteiger partial charge in [0.25, 0.3) is 0 Å². The van der Waals surface area contributed by atoms with Crippen molar-refractivity contribution in [1.82, 2.24) is 15.2 Å². The Hall–Kier alpha value is -1.70. The second-order valence-corrected chi connectivity index (χ2v) is 7.76. The summed E-state index contributed by atoms with van der Waals surface area (Å²) in [4.78, 5) is 0. The second-order valence-electron chi connectivity index (χ2n) is 5.96. The molecule has 1 aliphatic rings. The van der Waals surface area contributed by atoms with E-state index in [9.17, 15) is 8.42 Å². The van der Waals surface area contributed by atoms with E-state index in [4.69, 9.17) is 0 Å². The van der Waals surface area contributed by atoms with E-state index in [1.165, 1.54) is 17.4 Å². The lowest BCUT2D eigenvalue weighted by molar-refractivity contribution is 0.413. The minimum absolute atomic E-state index is 0.161. The zero-order valence-electron chi connectivity index (χ0n) is 13.0. The number of nitrogens with zero attached hydrogens (tertiary/aromatic N) is 1. The van der Waals surface area contributed by atoms with Crippen LogP contribution in [0, 0.1) is 5.92 Å². The van der Waals surface area contributed by atoms with Crippen molar-refractivity contribution in [2.24, 2.45) is 5.92 Å². The van der Waals surface area contributed by atoms with Crippen molar-refractivity contribution in [2.75, 3.05) is 13.1 Å². The SMILES string of the molecule is C[C@H]1Cc2ccccc2[C@@H]1NCCNS(=O)(=O)Cc1ccon1. The Bertz CT molecular complexity index is 744. The molecule has 0 unspecified atom stereocenters. The Labute approximate surface area is 136 Å². The lowest BCUT2D eigenvalue weighted by Crippen LogP contribution is -2.35. The fraction of sp³-hybridized carbons (Fsp3) is 0.438. The van der Waals surface area contributed by atoms with Crippen LogP contribution < -0.4 is 10.0 Å². The number of sulfonamides is 1. The Kier molecular flexibility index (Phi) is 4.79. The summed E-state index contributed by atoms with van der Waals surface area (Å²) in [6.07, 6.45) is 2.43. The van der Waals surface area contributed by atoms with Crippen LogP contribution >= 0.6 is 0 Å². The summed E-state index contributed by atoms with van der Waals surface area (Å²) in [5.74, 6) is 0.353. The molecule has 3 rings (SSSR count). The van der Waals surface area contributed by atoms with E-state index in [1.807, 2.05) is 6.07 Å². The number of rotatable bonds is 7. The molecule has 124 valence electrons. The van der Waals surface area contributed by atoms with E-state index in [0.717, 1.165) is 6.42 Å². The topological polar surface area (TPSA) is 84.2 Å². The third-order valence-corrected chi connectivity index (χ3v) is 5.46. The van der Waals surface area contributed by atoms with Crippen molar-refractivity contribution in [3.63, 3.8) is 0 Å². The first-order valence-corrected chi connectivity index (χ1v) is 9.38. The van der Waals surface area contributed by atoms with Crippen LogP contribution in [0.25, 0.3) is 0 Å². The van der Waals surface area contributed by atoms with Crippen molar-refractivity contribution < 1.29 is 12.9 Å². The number of fused-ring (bicyclic) bond motifs is 1. The zero-order chi connectivity index (χ0) is 16.3. The van der Waals surface area contributed by atoms with E-state index < -0.39 is 10.0 Å². The van der Waals surface area contributed by atoms with Crippen molar-refractivity contribution in [1.29, 1.82) is 0 Å². The summed E-state index contributed by atoms with van der Waals surface area (Å²) < 4.78 is 31.1. The van der Waals surface area contributed by atoms with Gasteiger partial charge >= 0.3 is 0 Å². The first-order valence-electron chi connectivity index (χ1n) is 7.73. The number of hydrogen-bond acceptors (Lipinski definition) is 5. The maximum atomic E-state index is 11.9. The lowest BCUT2D eigenvalue weighted by atomic mass is 10.0. The molecule has 0 saturated heterocycles. The van der Waals surface area contributed by atoms with Gasteiger partial charge in [-0.15, -0.1) is 0 Å². The Morgan fingerprint density at radius 2 is 2.09 bits per heavy atom. The molecular formula is C16H21N3O3S. The summed E-state index contributed by atoms with van der Waals surface area (Å²) in [5, 5.41) is 7.08. The van der Waals surface area contributed by atoms with Crippen molar-refractivity contribution >= 4 is 10.0 Å². The minimum atomic E-state index is -3.39. The minimum Gasteiger partial charge on any atom is -0.364 e. The molecule has 0 spiro atoms. The number of aromatic nitrogens is 1. The first kappa shape index (κ1) is 16.2. The molecule has 1 heterocycles. The normalized spacial score (nSPS) is 20.6. The molecule has 0 bridgehead atoms. The third kappa shape index (κ3) is 3.99. The molecule has 0 radical (unpaired) electrons. The number of nitrogens with one attached hydrogen (secondary N) is 2. The third-order valence-electron chi connectivity index (χ3n) is 4.14. The van der Waals surface area contributed by atoms with Crippen LogP contribution in [-0.2, 0) is 22.2 Å². The van der Waals surface area contributed by atoms with E-state index >= 15 is 0 Å². The quantitative estimate of drug-likeness (QED) is 0.751. The average Bonchev–Trinajstić information content (AvgIpc) is 3.10. The largest absolute Gasteiger partial charge is 0.364 e. The fourth-order valence-corrected chi connectivity index (χ4v) is 4.15. The summed E-state index contributed by atoms with van der Waals surface area (Å²) in [7, 11) is -3.39. The average molecular weight is 335 g/mol. The van der Waals surface area contributed by atoms with Gasteiger partial charge in [0.15, 0.2) is 0 Å². The molecule has 23 heavy (non-hydrogen) atoms. The molecule has 0 amide bonds. The Balaban J connectivity index is 1.48. The van der Waals surface area contributed by atoms with E-state index in [0.29, 0.717) is 24.7 Å². The Morgan fingerprint density at radius 3 is 2.87 bits per heavy atom. The fourth-order valence-electron chi connectivity index (χ4n) is 3.10. The van der Waals surface area contributed by atoms with Gasteiger partial charge in [0.05, 0.1) is 5.69 Å². The van der Waals surface area contributed by atoms with Gasteiger partial charge in [-0.25, -0.2) is 13.1 Å². The van der Waals surface area contributed by atoms with Crippen LogP contribution in [-0.4, -0.2) is 26.7 Å². The van der Waals surface area contributed by atoms with Gasteiger partial charge < -0.3 is 9.84 Å². The van der Waals surface area contributed by atoms with Crippen LogP contribution in [0.5, 0.6) is 0 Å². The number of hydrogen-bond donors (Lipinski definition) is 2. The molecule has 1 aromatic heterocycles. The summed E-state index contributed by atoms with van der Waals surface area (Å²) >= 11 is 0. The monoisotopic (exact) mass is 335 g/mol. The number of benzene rings is 1. The molecule has 1 aromatic carbocycles. The zero-order valence-corrected chi connectivity index (χ0v) is 13.8. The predicted molar refractivity (Wildman–Crippen MR) is 87.2 cm³/mol. The summed E-state index contributed by atoms with van der Waals surface area (Å²) in [6.45, 7) is 3.15. The maximum absolute atomic E-state index is 11.9. The first-order chi connectivity index (χ1) is 11.1. The molecule has 0 saturated carbocycles. The van der Waals surface area contributed by atoms with Gasteiger partial charge in [-0.05, 0) is 23.5 Å². The highest BCUT2D eigenvalue weighted by Gasteiger charge is 2.28. The maximum Gasteiger partial charge on any atom is 0.217 e. The van der Waals surface area contributed by atoms with Gasteiger partial charge in [0.1, 0.15) is 12.0 Å². The van der Waals surface area contributed by atoms with Gasteiger partial charge in [0.2, 0.25) is 10.0 Å². The highest BCUT2D eigenvalue weighted by molar-refractivity contribution is 7.88. The second kappa shape index (κ2) is 6.82. The molecular weight excluding hydrogens is 314 g/mol. The van der Waals surface area contributed by atoms with Crippen LogP contribution in [0.1, 0.15) is 29.8 Å². The molecule has 2 N–H and O–H groups in total. The highest BCUT2D eigenvalue weighted by atomic mass is 32.2. The molecule has 2 atom stereocenters. The van der Waals surface area contributed by atoms with Gasteiger partial charge in [-0.1, -0.05) is 36.3 Å². The van der Waals surface area contributed by atoms with Gasteiger partial charge in [-0.2, -0.15) is 0 Å². The van der Waals surface area contributed by atoms with Crippen molar-refractivity contribution in [3.8, 4) is 0 Å². The smallest absolute Gasteiger partial charge is 0.217 e. The van der Waals surface area contributed by atoms with Crippen molar-refractivity contribution in [2.45, 2.75) is 25.1 Å². The summed E-state index contributed by atoms with van der Waals surface area (Å²) in [6, 6.07) is 10.2. The van der Waals surface area contributed by atoms with Crippen molar-refractivity contribution in [3.05, 3.63) is 53.4 Å². The van der Waals surface area contributed by atoms with E-state index in [-0.39, 0.29) is 11.8 Å². The lowest BCUT2D eigenvalue weighted by Gasteiger charge is -2.19. The predicted octanol–water partition coefficient (Wildman–Crippen LogP) is 1.62. The molecule has 0 fully saturated rings. The van der Waals surface area contributed by atoms with Crippen LogP contribution in [0.3, 0.4) is 0 Å². The summed E-state index contributed by atoms with van der Waals surface area (Å²) in [5.41, 5.74) is 3.11. The molecule has 2 aromatic rings. The Morgan fingerprint density at radius 1 is 1.26 bits per heavy atom. The standard InChI is InChI=1S/C16H21N3O3S/c1-12-10-13-4-2-3-5-15(13)16(12)17-7-8-18-23(20,21)11-14-6-9-22-19-14/h2-6,9,12,16-18H,7-8,10-11H2,1H3/t12-,16+/m0/s1. The molecule has 0 aliphatic heterocycles. The van der Waals surface area contributed by atoms with Crippen LogP contribution in [0.4, 0.5) is 0 Å². The molecule has 1 aliphatic carbocycles. The van der Waals surface area contributed by atoms with E-state index in [2.05, 4.69) is 44.8 Å². The van der Waals surface area contributed by atoms with Crippen LogP contribution in [0.2, 0.25) is 0 Å². The highest BCUT2D eigenvalue weighted by Crippen LogP contribution is 2.35.